The molecular formula is C23H22N8O2. The van der Waals surface area contributed by atoms with Crippen LogP contribution < -0.4 is 5.32 Å². The molecule has 0 bridgehead atoms. The number of amides is 1. The Hall–Kier alpha value is -4.08. The zero-order chi connectivity index (χ0) is 22.2. The van der Waals surface area contributed by atoms with Gasteiger partial charge in [-0.25, -0.2) is 15.0 Å². The van der Waals surface area contributed by atoms with Crippen LogP contribution in [0.5, 0.6) is 0 Å². The van der Waals surface area contributed by atoms with E-state index in [9.17, 15) is 4.79 Å². The Morgan fingerprint density at radius 1 is 1.09 bits per heavy atom. The lowest BCUT2D eigenvalue weighted by Gasteiger charge is -2.27. The standard InChI is InChI=1S/C23H22N8O2/c32-21(31-7-5-19-24-6-8-30(19)14-31)11-20-28-29-22(33-20)17-12-25-23(26-13-17)27-18-9-15-3-1-2-4-16(15)10-18/h1-4,6,8,12-13,18H,5,7,9-11,14H2,(H,25,26,27). The molecule has 1 aliphatic carbocycles. The van der Waals surface area contributed by atoms with E-state index in [1.165, 1.54) is 11.1 Å². The number of fused-ring (bicyclic) bond motifs is 2. The van der Waals surface area contributed by atoms with Crippen molar-refractivity contribution in [2.24, 2.45) is 0 Å². The molecule has 10 heteroatoms. The number of anilines is 1. The Morgan fingerprint density at radius 2 is 1.88 bits per heavy atom. The lowest BCUT2D eigenvalue weighted by atomic mass is 10.1. The second-order valence-corrected chi connectivity index (χ2v) is 8.35. The number of aromatic nitrogens is 6. The lowest BCUT2D eigenvalue weighted by Crippen LogP contribution is -2.39. The van der Waals surface area contributed by atoms with Crippen LogP contribution in [0.3, 0.4) is 0 Å². The number of imidazole rings is 1. The lowest BCUT2D eigenvalue weighted by molar-refractivity contribution is -0.133. The predicted molar refractivity (Wildman–Crippen MR) is 118 cm³/mol. The van der Waals surface area contributed by atoms with Crippen molar-refractivity contribution in [2.75, 3.05) is 11.9 Å². The molecule has 2 aliphatic rings. The maximum Gasteiger partial charge on any atom is 0.250 e. The number of nitrogens with one attached hydrogen (secondary N) is 1. The highest BCUT2D eigenvalue weighted by Gasteiger charge is 2.24. The fourth-order valence-electron chi connectivity index (χ4n) is 4.43. The Kier molecular flexibility index (Phi) is 4.82. The number of carbonyl (C=O) groups is 1. The molecule has 1 aliphatic heterocycles. The van der Waals surface area contributed by atoms with Crippen molar-refractivity contribution in [2.45, 2.75) is 38.4 Å². The molecule has 0 unspecified atom stereocenters. The number of benzene rings is 1. The monoisotopic (exact) mass is 442 g/mol. The molecule has 0 atom stereocenters. The van der Waals surface area contributed by atoms with Crippen LogP contribution in [0, 0.1) is 0 Å². The molecule has 10 nitrogen and oxygen atoms in total. The van der Waals surface area contributed by atoms with Gasteiger partial charge in [0.25, 0.3) is 5.89 Å². The van der Waals surface area contributed by atoms with E-state index < -0.39 is 0 Å². The Bertz CT molecular complexity index is 1270. The summed E-state index contributed by atoms with van der Waals surface area (Å²) in [6.45, 7) is 1.12. The molecule has 3 aromatic heterocycles. The van der Waals surface area contributed by atoms with Crippen molar-refractivity contribution in [1.82, 2.24) is 34.6 Å². The summed E-state index contributed by atoms with van der Waals surface area (Å²) in [5.41, 5.74) is 3.35. The van der Waals surface area contributed by atoms with Crippen molar-refractivity contribution >= 4 is 11.9 Å². The topological polar surface area (TPSA) is 115 Å². The summed E-state index contributed by atoms with van der Waals surface area (Å²) < 4.78 is 7.68. The molecule has 0 saturated carbocycles. The van der Waals surface area contributed by atoms with Gasteiger partial charge in [-0.1, -0.05) is 24.3 Å². The first-order chi connectivity index (χ1) is 16.2. The highest BCUT2D eigenvalue weighted by Crippen LogP contribution is 2.24. The molecule has 4 aromatic rings. The van der Waals surface area contributed by atoms with Gasteiger partial charge in [-0.15, -0.1) is 10.2 Å². The van der Waals surface area contributed by atoms with E-state index in [4.69, 9.17) is 4.42 Å². The summed E-state index contributed by atoms with van der Waals surface area (Å²) in [6, 6.07) is 8.75. The van der Waals surface area contributed by atoms with Crippen molar-refractivity contribution in [3.8, 4) is 11.5 Å². The van der Waals surface area contributed by atoms with Gasteiger partial charge in [0.2, 0.25) is 17.7 Å². The summed E-state index contributed by atoms with van der Waals surface area (Å²) in [5.74, 6) is 2.08. The third kappa shape index (κ3) is 3.95. The van der Waals surface area contributed by atoms with Crippen LogP contribution >= 0.6 is 0 Å². The van der Waals surface area contributed by atoms with Gasteiger partial charge in [-0.05, 0) is 24.0 Å². The van der Waals surface area contributed by atoms with Gasteiger partial charge in [0.1, 0.15) is 12.2 Å². The molecule has 1 amide bonds. The second kappa shape index (κ2) is 8.12. The zero-order valence-electron chi connectivity index (χ0n) is 17.9. The molecule has 6 rings (SSSR count). The minimum absolute atomic E-state index is 0.0553. The highest BCUT2D eigenvalue weighted by molar-refractivity contribution is 5.77. The smallest absolute Gasteiger partial charge is 0.250 e. The van der Waals surface area contributed by atoms with Gasteiger partial charge >= 0.3 is 0 Å². The third-order valence-corrected chi connectivity index (χ3v) is 6.14. The average Bonchev–Trinajstić information content (AvgIpc) is 3.58. The minimum atomic E-state index is -0.0575. The van der Waals surface area contributed by atoms with Gasteiger partial charge in [0, 0.05) is 43.8 Å². The highest BCUT2D eigenvalue weighted by atomic mass is 16.4. The number of hydrogen-bond acceptors (Lipinski definition) is 8. The fourth-order valence-corrected chi connectivity index (χ4v) is 4.43. The predicted octanol–water partition coefficient (Wildman–Crippen LogP) is 1.89. The molecule has 33 heavy (non-hydrogen) atoms. The van der Waals surface area contributed by atoms with Crippen molar-refractivity contribution in [1.29, 1.82) is 0 Å². The van der Waals surface area contributed by atoms with Crippen LogP contribution in [-0.4, -0.2) is 53.1 Å². The Morgan fingerprint density at radius 3 is 2.67 bits per heavy atom. The van der Waals surface area contributed by atoms with Crippen molar-refractivity contribution in [3.05, 3.63) is 71.9 Å². The van der Waals surface area contributed by atoms with Gasteiger partial charge in [0.15, 0.2) is 0 Å². The molecular weight excluding hydrogens is 420 g/mol. The van der Waals surface area contributed by atoms with Crippen LogP contribution in [-0.2, 0) is 37.1 Å². The van der Waals surface area contributed by atoms with Crippen molar-refractivity contribution < 1.29 is 9.21 Å². The second-order valence-electron chi connectivity index (χ2n) is 8.35. The summed E-state index contributed by atoms with van der Waals surface area (Å²) in [5, 5.41) is 11.5. The zero-order valence-corrected chi connectivity index (χ0v) is 17.9. The number of nitrogens with zero attached hydrogens (tertiary/aromatic N) is 7. The molecule has 1 aromatic carbocycles. The van der Waals surface area contributed by atoms with Crippen LogP contribution in [0.1, 0.15) is 22.8 Å². The van der Waals surface area contributed by atoms with E-state index in [1.54, 1.807) is 23.5 Å². The first-order valence-corrected chi connectivity index (χ1v) is 11.0. The Labute approximate surface area is 189 Å². The largest absolute Gasteiger partial charge is 0.420 e. The van der Waals surface area contributed by atoms with Crippen LogP contribution in [0.25, 0.3) is 11.5 Å². The average molecular weight is 442 g/mol. The van der Waals surface area contributed by atoms with Gasteiger partial charge in [-0.2, -0.15) is 0 Å². The number of carbonyl (C=O) groups excluding carboxylic acids is 1. The first-order valence-electron chi connectivity index (χ1n) is 11.0. The van der Waals surface area contributed by atoms with Crippen LogP contribution in [0.2, 0.25) is 0 Å². The SMILES string of the molecule is O=C(Cc1nnc(-c2cnc(NC3Cc4ccccc4C3)nc2)o1)N1CCc2nccn2C1. The maximum absolute atomic E-state index is 12.7. The molecule has 0 saturated heterocycles. The van der Waals surface area contributed by atoms with Crippen molar-refractivity contribution in [3.63, 3.8) is 0 Å². The number of rotatable bonds is 5. The van der Waals surface area contributed by atoms with E-state index in [-0.39, 0.29) is 24.3 Å². The van der Waals surface area contributed by atoms with E-state index in [1.807, 2.05) is 10.8 Å². The summed E-state index contributed by atoms with van der Waals surface area (Å²) in [7, 11) is 0. The maximum atomic E-state index is 12.7. The molecule has 0 radical (unpaired) electrons. The quantitative estimate of drug-likeness (QED) is 0.498. The summed E-state index contributed by atoms with van der Waals surface area (Å²) in [4.78, 5) is 27.5. The van der Waals surface area contributed by atoms with Gasteiger partial charge < -0.3 is 19.2 Å². The minimum Gasteiger partial charge on any atom is -0.420 e. The van der Waals surface area contributed by atoms with Gasteiger partial charge in [-0.3, -0.25) is 4.79 Å². The van der Waals surface area contributed by atoms with Gasteiger partial charge in [0.05, 0.1) is 12.2 Å². The van der Waals surface area contributed by atoms with E-state index in [0.29, 0.717) is 30.6 Å². The molecule has 0 spiro atoms. The van der Waals surface area contributed by atoms with E-state index in [2.05, 4.69) is 54.7 Å². The van der Waals surface area contributed by atoms with Crippen LogP contribution in [0.4, 0.5) is 5.95 Å². The first kappa shape index (κ1) is 19.6. The van der Waals surface area contributed by atoms with E-state index >= 15 is 0 Å². The molecule has 166 valence electrons. The third-order valence-electron chi connectivity index (χ3n) is 6.14. The van der Waals surface area contributed by atoms with Crippen LogP contribution in [0.15, 0.2) is 53.5 Å². The molecule has 1 N–H and O–H groups in total. The fraction of sp³-hybridized carbons (Fsp3) is 0.304. The van der Waals surface area contributed by atoms with E-state index in [0.717, 1.165) is 25.1 Å². The molecule has 0 fully saturated rings. The molecule has 4 heterocycles. The normalized spacial score (nSPS) is 15.3. The Balaban J connectivity index is 1.07. The summed E-state index contributed by atoms with van der Waals surface area (Å²) in [6.07, 6.45) is 9.65. The summed E-state index contributed by atoms with van der Waals surface area (Å²) >= 11 is 0. The number of hydrogen-bond donors (Lipinski definition) is 1.